The van der Waals surface area contributed by atoms with Gasteiger partial charge >= 0.3 is 0 Å². The second kappa shape index (κ2) is 8.64. The van der Waals surface area contributed by atoms with Gasteiger partial charge in [0.05, 0.1) is 5.69 Å². The molecule has 0 aliphatic heterocycles. The zero-order chi connectivity index (χ0) is 18.8. The number of carbonyl (C=O) groups is 1. The molecular formula is C19H28ClFN4O. The molecule has 3 N–H and O–H groups in total. The summed E-state index contributed by atoms with van der Waals surface area (Å²) in [4.78, 5) is 12.5. The monoisotopic (exact) mass is 382 g/mol. The average Bonchev–Trinajstić information content (AvgIpc) is 2.84. The maximum absolute atomic E-state index is 14.5. The molecule has 0 aliphatic carbocycles. The van der Waals surface area contributed by atoms with Crippen molar-refractivity contribution in [1.82, 2.24) is 15.1 Å². The first-order chi connectivity index (χ1) is 11.6. The third-order valence-corrected chi connectivity index (χ3v) is 4.17. The molecule has 2 aromatic rings. The number of nitrogens with one attached hydrogen (secondary N) is 1. The summed E-state index contributed by atoms with van der Waals surface area (Å²) in [6, 6.07) is 6.30. The van der Waals surface area contributed by atoms with Gasteiger partial charge in [0.1, 0.15) is 11.5 Å². The van der Waals surface area contributed by atoms with E-state index in [9.17, 15) is 9.18 Å². The Morgan fingerprint density at radius 1 is 1.35 bits per heavy atom. The van der Waals surface area contributed by atoms with Crippen molar-refractivity contribution in [2.75, 3.05) is 6.54 Å². The van der Waals surface area contributed by atoms with Gasteiger partial charge in [-0.3, -0.25) is 4.79 Å². The Morgan fingerprint density at radius 2 is 2.00 bits per heavy atom. The van der Waals surface area contributed by atoms with Crippen LogP contribution in [0.1, 0.15) is 48.9 Å². The highest BCUT2D eigenvalue weighted by molar-refractivity contribution is 5.95. The fraction of sp³-hybridized carbons (Fsp3) is 0.474. The molecule has 26 heavy (non-hydrogen) atoms. The number of nitrogens with two attached hydrogens (primary N) is 1. The summed E-state index contributed by atoms with van der Waals surface area (Å²) < 4.78 is 16.1. The summed E-state index contributed by atoms with van der Waals surface area (Å²) >= 11 is 0. The number of hydrogen-bond donors (Lipinski definition) is 2. The van der Waals surface area contributed by atoms with Crippen molar-refractivity contribution in [2.24, 2.45) is 11.7 Å². The number of halogens is 2. The maximum atomic E-state index is 14.5. The molecule has 1 aromatic heterocycles. The highest BCUT2D eigenvalue weighted by atomic mass is 35.5. The van der Waals surface area contributed by atoms with Crippen molar-refractivity contribution in [2.45, 2.75) is 46.6 Å². The van der Waals surface area contributed by atoms with Crippen molar-refractivity contribution >= 4 is 18.3 Å². The molecule has 0 spiro atoms. The van der Waals surface area contributed by atoms with Crippen LogP contribution >= 0.6 is 12.4 Å². The van der Waals surface area contributed by atoms with Gasteiger partial charge in [0, 0.05) is 23.3 Å². The molecule has 0 radical (unpaired) electrons. The summed E-state index contributed by atoms with van der Waals surface area (Å²) in [5.74, 6) is -0.427. The van der Waals surface area contributed by atoms with E-state index in [1.165, 1.54) is 10.7 Å². The Morgan fingerprint density at radius 3 is 2.46 bits per heavy atom. The van der Waals surface area contributed by atoms with Crippen LogP contribution in [-0.4, -0.2) is 27.8 Å². The lowest BCUT2D eigenvalue weighted by Crippen LogP contribution is -2.52. The third-order valence-electron chi connectivity index (χ3n) is 4.17. The molecule has 1 amide bonds. The number of nitrogens with zero attached hydrogens (tertiary/aromatic N) is 2. The number of rotatable bonds is 6. The molecule has 1 atom stereocenters. The van der Waals surface area contributed by atoms with Gasteiger partial charge in [-0.2, -0.15) is 5.10 Å². The Labute approximate surface area is 160 Å². The van der Waals surface area contributed by atoms with Crippen molar-refractivity contribution in [1.29, 1.82) is 0 Å². The summed E-state index contributed by atoms with van der Waals surface area (Å²) in [6.07, 6.45) is 0.752. The van der Waals surface area contributed by atoms with E-state index in [0.29, 0.717) is 18.2 Å². The quantitative estimate of drug-likeness (QED) is 0.802. The Balaban J connectivity index is 0.00000338. The van der Waals surface area contributed by atoms with Gasteiger partial charge in [0.2, 0.25) is 0 Å². The molecule has 1 aromatic carbocycles. The molecule has 7 heteroatoms. The molecule has 0 fully saturated rings. The topological polar surface area (TPSA) is 72.9 Å². The van der Waals surface area contributed by atoms with Crippen LogP contribution in [0.4, 0.5) is 4.39 Å². The van der Waals surface area contributed by atoms with E-state index in [-0.39, 0.29) is 23.9 Å². The van der Waals surface area contributed by atoms with Crippen LogP contribution in [0.15, 0.2) is 24.3 Å². The van der Waals surface area contributed by atoms with Gasteiger partial charge in [-0.25, -0.2) is 9.07 Å². The molecule has 5 nitrogen and oxygen atoms in total. The van der Waals surface area contributed by atoms with Crippen LogP contribution in [0.2, 0.25) is 0 Å². The number of aromatic nitrogens is 2. The molecule has 144 valence electrons. The molecule has 2 rings (SSSR count). The van der Waals surface area contributed by atoms with E-state index in [4.69, 9.17) is 5.73 Å². The second-order valence-corrected chi connectivity index (χ2v) is 7.32. The van der Waals surface area contributed by atoms with Crippen molar-refractivity contribution in [3.05, 3.63) is 47.0 Å². The minimum absolute atomic E-state index is 0. The number of aryl methyl sites for hydroxylation is 2. The first kappa shape index (κ1) is 22.1. The van der Waals surface area contributed by atoms with Crippen LogP contribution in [0.3, 0.4) is 0 Å². The normalized spacial score (nSPS) is 13.2. The molecular weight excluding hydrogens is 355 g/mol. The zero-order valence-electron chi connectivity index (χ0n) is 16.0. The number of hydrogen-bond acceptors (Lipinski definition) is 3. The Bertz CT molecular complexity index is 775. The lowest BCUT2D eigenvalue weighted by atomic mass is 9.90. The first-order valence-corrected chi connectivity index (χ1v) is 8.51. The van der Waals surface area contributed by atoms with E-state index < -0.39 is 11.4 Å². The van der Waals surface area contributed by atoms with E-state index in [0.717, 1.165) is 17.8 Å². The van der Waals surface area contributed by atoms with E-state index in [1.54, 1.807) is 12.1 Å². The molecule has 0 bridgehead atoms. The molecule has 0 aliphatic rings. The van der Waals surface area contributed by atoms with Crippen LogP contribution < -0.4 is 11.1 Å². The molecule has 0 saturated heterocycles. The molecule has 1 heterocycles. The van der Waals surface area contributed by atoms with Gasteiger partial charge < -0.3 is 11.1 Å². The number of amides is 1. The van der Waals surface area contributed by atoms with Crippen molar-refractivity contribution in [3.63, 3.8) is 0 Å². The lowest BCUT2D eigenvalue weighted by Gasteiger charge is -2.31. The zero-order valence-corrected chi connectivity index (χ0v) is 16.8. The van der Waals surface area contributed by atoms with Crippen molar-refractivity contribution in [3.8, 4) is 5.69 Å². The second-order valence-electron chi connectivity index (χ2n) is 7.32. The fourth-order valence-electron chi connectivity index (χ4n) is 3.13. The molecule has 1 unspecified atom stereocenters. The number of benzene rings is 1. The SMILES string of the molecule is Cc1cc(C)n(-c2ccc(C(=O)NC(C)(CN)CC(C)C)cc2F)n1.Cl. The lowest BCUT2D eigenvalue weighted by molar-refractivity contribution is 0.0898. The van der Waals surface area contributed by atoms with Gasteiger partial charge in [-0.1, -0.05) is 13.8 Å². The third kappa shape index (κ3) is 5.05. The maximum Gasteiger partial charge on any atom is 0.251 e. The largest absolute Gasteiger partial charge is 0.346 e. The van der Waals surface area contributed by atoms with Crippen LogP contribution in [0.25, 0.3) is 5.69 Å². The standard InChI is InChI=1S/C19H27FN4O.ClH/c1-12(2)10-19(5,11-21)22-18(25)15-6-7-17(16(20)9-15)24-14(4)8-13(3)23-24;/h6-9,12H,10-11,21H2,1-5H3,(H,22,25);1H. The van der Waals surface area contributed by atoms with Gasteiger partial charge in [0.25, 0.3) is 5.91 Å². The van der Waals surface area contributed by atoms with Gasteiger partial charge in [-0.05, 0) is 57.4 Å². The fourth-order valence-corrected chi connectivity index (χ4v) is 3.13. The van der Waals surface area contributed by atoms with E-state index >= 15 is 0 Å². The van der Waals surface area contributed by atoms with Crippen LogP contribution in [0.5, 0.6) is 0 Å². The predicted molar refractivity (Wildman–Crippen MR) is 105 cm³/mol. The highest BCUT2D eigenvalue weighted by Crippen LogP contribution is 2.19. The Kier molecular flexibility index (Phi) is 7.35. The summed E-state index contributed by atoms with van der Waals surface area (Å²) in [5.41, 5.74) is 7.55. The predicted octanol–water partition coefficient (Wildman–Crippen LogP) is 3.54. The average molecular weight is 383 g/mol. The summed E-state index contributed by atoms with van der Waals surface area (Å²) in [5, 5.41) is 7.22. The highest BCUT2D eigenvalue weighted by Gasteiger charge is 2.26. The first-order valence-electron chi connectivity index (χ1n) is 8.51. The molecule has 0 saturated carbocycles. The smallest absolute Gasteiger partial charge is 0.251 e. The Hall–Kier alpha value is -1.92. The summed E-state index contributed by atoms with van der Waals surface area (Å²) in [7, 11) is 0. The van der Waals surface area contributed by atoms with E-state index in [2.05, 4.69) is 24.3 Å². The minimum Gasteiger partial charge on any atom is -0.346 e. The minimum atomic E-state index is -0.518. The van der Waals surface area contributed by atoms with Crippen molar-refractivity contribution < 1.29 is 9.18 Å². The summed E-state index contributed by atoms with van der Waals surface area (Å²) in [6.45, 7) is 10.1. The number of carbonyl (C=O) groups excluding carboxylic acids is 1. The van der Waals surface area contributed by atoms with E-state index in [1.807, 2.05) is 26.8 Å². The van der Waals surface area contributed by atoms with Gasteiger partial charge in [-0.15, -0.1) is 12.4 Å². The van der Waals surface area contributed by atoms with Gasteiger partial charge in [0.15, 0.2) is 0 Å². The van der Waals surface area contributed by atoms with Crippen LogP contribution in [-0.2, 0) is 0 Å². The van der Waals surface area contributed by atoms with Crippen LogP contribution in [0, 0.1) is 25.6 Å².